The quantitative estimate of drug-likeness (QED) is 0.593. The van der Waals surface area contributed by atoms with Crippen LogP contribution in [0.5, 0.6) is 0 Å². The largest absolute Gasteiger partial charge is 0.468 e. The number of esters is 1. The third kappa shape index (κ3) is 3.59. The van der Waals surface area contributed by atoms with Gasteiger partial charge in [-0.3, -0.25) is 9.59 Å². The number of methoxy groups -OCH3 is 1. The summed E-state index contributed by atoms with van der Waals surface area (Å²) in [6.45, 7) is 8.23. The molecule has 20 heavy (non-hydrogen) atoms. The van der Waals surface area contributed by atoms with E-state index in [-0.39, 0.29) is 18.4 Å². The van der Waals surface area contributed by atoms with E-state index in [0.717, 1.165) is 16.8 Å². The van der Waals surface area contributed by atoms with Crippen LogP contribution in [-0.4, -0.2) is 26.0 Å². The molecule has 0 aliphatic heterocycles. The zero-order valence-corrected chi connectivity index (χ0v) is 12.8. The fourth-order valence-electron chi connectivity index (χ4n) is 2.22. The first-order valence-corrected chi connectivity index (χ1v) is 6.83. The number of carbonyl (C=O) groups is 2. The Balaban J connectivity index is 3.36. The average molecular weight is 277 g/mol. The van der Waals surface area contributed by atoms with E-state index >= 15 is 0 Å². The number of rotatable bonds is 6. The molecule has 0 heterocycles. The molecule has 0 unspecified atom stereocenters. The van der Waals surface area contributed by atoms with Crippen molar-refractivity contribution < 1.29 is 14.3 Å². The van der Waals surface area contributed by atoms with Gasteiger partial charge < -0.3 is 9.64 Å². The normalized spacial score (nSPS) is 10.8. The van der Waals surface area contributed by atoms with Crippen molar-refractivity contribution in [2.24, 2.45) is 0 Å². The third-order valence-corrected chi connectivity index (χ3v) is 3.28. The van der Waals surface area contributed by atoms with Gasteiger partial charge in [0.05, 0.1) is 12.8 Å². The lowest BCUT2D eigenvalue weighted by atomic mass is 9.92. The van der Waals surface area contributed by atoms with E-state index in [2.05, 4.69) is 32.4 Å². The van der Waals surface area contributed by atoms with Crippen LogP contribution in [0.15, 0.2) is 18.2 Å². The molecular formula is C16H23NO3. The SMILES string of the molecule is COC(=O)CN(C=O)c1c(C(C)C)cccc1C(C)C. The monoisotopic (exact) mass is 277 g/mol. The lowest BCUT2D eigenvalue weighted by Crippen LogP contribution is -2.31. The molecule has 0 saturated heterocycles. The van der Waals surface area contributed by atoms with Crippen LogP contribution in [0.4, 0.5) is 5.69 Å². The standard InChI is InChI=1S/C16H23NO3/c1-11(2)13-7-6-8-14(12(3)4)16(13)17(10-18)9-15(19)20-5/h6-8,10-12H,9H2,1-5H3. The van der Waals surface area contributed by atoms with Crippen molar-refractivity contribution in [3.8, 4) is 0 Å². The first-order chi connectivity index (χ1) is 9.42. The Morgan fingerprint density at radius 3 is 2.05 bits per heavy atom. The molecule has 0 aliphatic rings. The van der Waals surface area contributed by atoms with Crippen molar-refractivity contribution in [2.45, 2.75) is 39.5 Å². The van der Waals surface area contributed by atoms with Crippen LogP contribution in [-0.2, 0) is 14.3 Å². The van der Waals surface area contributed by atoms with Crippen LogP contribution in [0, 0.1) is 0 Å². The van der Waals surface area contributed by atoms with E-state index in [9.17, 15) is 9.59 Å². The van der Waals surface area contributed by atoms with Crippen LogP contribution in [0.1, 0.15) is 50.7 Å². The van der Waals surface area contributed by atoms with E-state index in [0.29, 0.717) is 6.41 Å². The second kappa shape index (κ2) is 7.08. The highest BCUT2D eigenvalue weighted by Crippen LogP contribution is 2.34. The third-order valence-electron chi connectivity index (χ3n) is 3.28. The van der Waals surface area contributed by atoms with E-state index in [1.165, 1.54) is 12.0 Å². The van der Waals surface area contributed by atoms with Gasteiger partial charge in [-0.05, 0) is 23.0 Å². The Kier molecular flexibility index (Phi) is 5.74. The maximum Gasteiger partial charge on any atom is 0.325 e. The van der Waals surface area contributed by atoms with E-state index in [1.54, 1.807) is 0 Å². The van der Waals surface area contributed by atoms with Gasteiger partial charge in [0.25, 0.3) is 0 Å². The lowest BCUT2D eigenvalue weighted by molar-refractivity contribution is -0.139. The molecule has 0 fully saturated rings. The minimum Gasteiger partial charge on any atom is -0.468 e. The smallest absolute Gasteiger partial charge is 0.325 e. The van der Waals surface area contributed by atoms with Gasteiger partial charge in [0.1, 0.15) is 6.54 Å². The molecule has 4 nitrogen and oxygen atoms in total. The number of para-hydroxylation sites is 1. The van der Waals surface area contributed by atoms with Crippen molar-refractivity contribution in [1.29, 1.82) is 0 Å². The van der Waals surface area contributed by atoms with Crippen LogP contribution < -0.4 is 4.90 Å². The maximum atomic E-state index is 11.5. The van der Waals surface area contributed by atoms with E-state index in [4.69, 9.17) is 0 Å². The number of amides is 1. The van der Waals surface area contributed by atoms with Crippen molar-refractivity contribution >= 4 is 18.1 Å². The first-order valence-electron chi connectivity index (χ1n) is 6.83. The van der Waals surface area contributed by atoms with Gasteiger partial charge in [-0.25, -0.2) is 0 Å². The molecule has 0 bridgehead atoms. The predicted molar refractivity (Wildman–Crippen MR) is 80.0 cm³/mol. The molecule has 1 aromatic carbocycles. The highest BCUT2D eigenvalue weighted by molar-refractivity contribution is 5.88. The van der Waals surface area contributed by atoms with Crippen molar-refractivity contribution in [1.82, 2.24) is 0 Å². The Labute approximate surface area is 120 Å². The summed E-state index contributed by atoms with van der Waals surface area (Å²) in [6, 6.07) is 5.99. The Morgan fingerprint density at radius 1 is 1.20 bits per heavy atom. The van der Waals surface area contributed by atoms with Crippen LogP contribution in [0.2, 0.25) is 0 Å². The first kappa shape index (κ1) is 16.2. The lowest BCUT2D eigenvalue weighted by Gasteiger charge is -2.26. The summed E-state index contributed by atoms with van der Waals surface area (Å²) in [6.07, 6.45) is 0.698. The fourth-order valence-corrected chi connectivity index (χ4v) is 2.22. The maximum absolute atomic E-state index is 11.5. The average Bonchev–Trinajstić information content (AvgIpc) is 2.43. The molecule has 1 rings (SSSR count). The van der Waals surface area contributed by atoms with Gasteiger partial charge in [-0.1, -0.05) is 45.9 Å². The minimum atomic E-state index is -0.426. The number of anilines is 1. The highest BCUT2D eigenvalue weighted by Gasteiger charge is 2.21. The summed E-state index contributed by atoms with van der Waals surface area (Å²) >= 11 is 0. The molecule has 0 aromatic heterocycles. The van der Waals surface area contributed by atoms with Crippen LogP contribution in [0.3, 0.4) is 0 Å². The Bertz CT molecular complexity index is 454. The summed E-state index contributed by atoms with van der Waals surface area (Å²) in [5.74, 6) is 0.109. The van der Waals surface area contributed by atoms with Crippen LogP contribution >= 0.6 is 0 Å². The second-order valence-corrected chi connectivity index (χ2v) is 5.40. The highest BCUT2D eigenvalue weighted by atomic mass is 16.5. The minimum absolute atomic E-state index is 0.0660. The van der Waals surface area contributed by atoms with E-state index < -0.39 is 5.97 Å². The van der Waals surface area contributed by atoms with Gasteiger partial charge in [-0.2, -0.15) is 0 Å². The van der Waals surface area contributed by atoms with Crippen LogP contribution in [0.25, 0.3) is 0 Å². The molecule has 4 heteroatoms. The molecule has 0 aliphatic carbocycles. The Hall–Kier alpha value is -1.84. The summed E-state index contributed by atoms with van der Waals surface area (Å²) in [7, 11) is 1.32. The van der Waals surface area contributed by atoms with Gasteiger partial charge >= 0.3 is 5.97 Å². The number of ether oxygens (including phenoxy) is 1. The van der Waals surface area contributed by atoms with Gasteiger partial charge in [-0.15, -0.1) is 0 Å². The summed E-state index contributed by atoms with van der Waals surface area (Å²) in [4.78, 5) is 24.4. The molecule has 0 saturated carbocycles. The number of hydrogen-bond donors (Lipinski definition) is 0. The van der Waals surface area contributed by atoms with E-state index in [1.807, 2.05) is 18.2 Å². The molecule has 1 amide bonds. The van der Waals surface area contributed by atoms with Gasteiger partial charge in [0.2, 0.25) is 6.41 Å². The second-order valence-electron chi connectivity index (χ2n) is 5.40. The number of nitrogens with zero attached hydrogens (tertiary/aromatic N) is 1. The molecule has 0 atom stereocenters. The topological polar surface area (TPSA) is 46.6 Å². The number of hydrogen-bond acceptors (Lipinski definition) is 3. The summed E-state index contributed by atoms with van der Waals surface area (Å²) in [5.41, 5.74) is 2.96. The number of carbonyl (C=O) groups excluding carboxylic acids is 2. The molecular weight excluding hydrogens is 254 g/mol. The van der Waals surface area contributed by atoms with Crippen molar-refractivity contribution in [2.75, 3.05) is 18.6 Å². The summed E-state index contributed by atoms with van der Waals surface area (Å²) < 4.78 is 4.67. The molecule has 0 N–H and O–H groups in total. The molecule has 110 valence electrons. The molecule has 0 radical (unpaired) electrons. The molecule has 1 aromatic rings. The van der Waals surface area contributed by atoms with Crippen molar-refractivity contribution in [3.63, 3.8) is 0 Å². The summed E-state index contributed by atoms with van der Waals surface area (Å²) in [5, 5.41) is 0. The molecule has 0 spiro atoms. The van der Waals surface area contributed by atoms with Gasteiger partial charge in [0, 0.05) is 0 Å². The zero-order chi connectivity index (χ0) is 15.3. The fraction of sp³-hybridized carbons (Fsp3) is 0.500. The Morgan fingerprint density at radius 2 is 1.70 bits per heavy atom. The van der Waals surface area contributed by atoms with Crippen molar-refractivity contribution in [3.05, 3.63) is 29.3 Å². The van der Waals surface area contributed by atoms with Gasteiger partial charge in [0.15, 0.2) is 0 Å². The predicted octanol–water partition coefficient (Wildman–Crippen LogP) is 3.07. The number of benzene rings is 1. The zero-order valence-electron chi connectivity index (χ0n) is 12.8.